The van der Waals surface area contributed by atoms with Gasteiger partial charge in [0.25, 0.3) is 16.8 Å². The summed E-state index contributed by atoms with van der Waals surface area (Å²) in [6.45, 7) is 0. The van der Waals surface area contributed by atoms with Gasteiger partial charge in [-0.15, -0.1) is 0 Å². The van der Waals surface area contributed by atoms with Crippen molar-refractivity contribution in [3.63, 3.8) is 0 Å². The summed E-state index contributed by atoms with van der Waals surface area (Å²) in [6, 6.07) is 12.8. The number of hydrogen-bond donors (Lipinski definition) is 0. The van der Waals surface area contributed by atoms with Gasteiger partial charge in [-0.1, -0.05) is 41.1 Å². The maximum Gasteiger partial charge on any atom is 0.296 e. The van der Waals surface area contributed by atoms with E-state index in [2.05, 4.69) is 10.1 Å². The minimum absolute atomic E-state index is 0.0428. The summed E-state index contributed by atoms with van der Waals surface area (Å²) in [7, 11) is 0. The van der Waals surface area contributed by atoms with Crippen LogP contribution in [-0.2, 0) is 6.42 Å². The Balaban J connectivity index is 1.78. The molecule has 0 fully saturated rings. The molecule has 0 aliphatic carbocycles. The monoisotopic (exact) mass is 426 g/mol. The minimum Gasteiger partial charge on any atom is -0.266 e. The molecule has 0 aliphatic heterocycles. The number of nitro groups is 1. The van der Waals surface area contributed by atoms with Gasteiger partial charge in [0.15, 0.2) is 0 Å². The second kappa shape index (κ2) is 7.53. The SMILES string of the molecule is O=c1nc2sc(=Cc3ccc([N+](=O)[O-])cc3)c(=O)n2nc1Cc1ccccc1Cl. The summed E-state index contributed by atoms with van der Waals surface area (Å²) in [6.07, 6.45) is 1.73. The first kappa shape index (κ1) is 18.9. The Labute approximate surface area is 171 Å². The second-order valence-electron chi connectivity index (χ2n) is 6.09. The zero-order valence-electron chi connectivity index (χ0n) is 14.6. The number of benzene rings is 2. The normalized spacial score (nSPS) is 11.8. The van der Waals surface area contributed by atoms with E-state index < -0.39 is 16.0 Å². The van der Waals surface area contributed by atoms with E-state index in [9.17, 15) is 19.7 Å². The molecule has 0 saturated heterocycles. The van der Waals surface area contributed by atoms with Crippen molar-refractivity contribution >= 4 is 39.7 Å². The number of halogens is 1. The molecule has 2 aromatic carbocycles. The quantitative estimate of drug-likeness (QED) is 0.365. The van der Waals surface area contributed by atoms with Crippen molar-refractivity contribution in [2.24, 2.45) is 0 Å². The molecule has 0 saturated carbocycles. The van der Waals surface area contributed by atoms with E-state index in [1.807, 2.05) is 0 Å². The number of nitro benzene ring substituents is 1. The van der Waals surface area contributed by atoms with Gasteiger partial charge in [-0.2, -0.15) is 14.6 Å². The second-order valence-corrected chi connectivity index (χ2v) is 7.51. The number of hydrogen-bond acceptors (Lipinski definition) is 7. The Hall–Kier alpha value is -3.43. The van der Waals surface area contributed by atoms with Gasteiger partial charge in [0.2, 0.25) is 4.96 Å². The van der Waals surface area contributed by atoms with Gasteiger partial charge in [0.1, 0.15) is 5.69 Å². The maximum atomic E-state index is 12.7. The third-order valence-electron chi connectivity index (χ3n) is 4.17. The molecule has 0 amide bonds. The molecule has 4 rings (SSSR count). The molecule has 0 bridgehead atoms. The summed E-state index contributed by atoms with van der Waals surface area (Å²) in [5.74, 6) is 0. The van der Waals surface area contributed by atoms with Gasteiger partial charge in [-0.3, -0.25) is 19.7 Å². The highest BCUT2D eigenvalue weighted by Crippen LogP contribution is 2.17. The van der Waals surface area contributed by atoms with E-state index in [0.717, 1.165) is 15.9 Å². The van der Waals surface area contributed by atoms with Gasteiger partial charge in [0, 0.05) is 23.6 Å². The fraction of sp³-hybridized carbons (Fsp3) is 0.0526. The zero-order chi connectivity index (χ0) is 20.5. The molecular formula is C19H11ClN4O4S. The molecule has 4 aromatic rings. The number of aromatic nitrogens is 3. The van der Waals surface area contributed by atoms with Crippen molar-refractivity contribution < 1.29 is 4.92 Å². The molecule has 0 N–H and O–H groups in total. The summed E-state index contributed by atoms with van der Waals surface area (Å²) < 4.78 is 1.41. The molecule has 0 unspecified atom stereocenters. The average Bonchev–Trinajstić information content (AvgIpc) is 2.99. The molecule has 29 heavy (non-hydrogen) atoms. The van der Waals surface area contributed by atoms with Crippen LogP contribution in [0.15, 0.2) is 58.1 Å². The van der Waals surface area contributed by atoms with Gasteiger partial charge in [0.05, 0.1) is 9.46 Å². The van der Waals surface area contributed by atoms with Crippen LogP contribution in [0.4, 0.5) is 5.69 Å². The van der Waals surface area contributed by atoms with E-state index in [-0.39, 0.29) is 22.8 Å². The Morgan fingerprint density at radius 3 is 2.55 bits per heavy atom. The smallest absolute Gasteiger partial charge is 0.266 e. The summed E-state index contributed by atoms with van der Waals surface area (Å²) in [4.78, 5) is 39.4. The van der Waals surface area contributed by atoms with E-state index in [0.29, 0.717) is 20.7 Å². The number of rotatable bonds is 4. The summed E-state index contributed by atoms with van der Waals surface area (Å²) in [5, 5.41) is 15.4. The highest BCUT2D eigenvalue weighted by atomic mass is 35.5. The van der Waals surface area contributed by atoms with E-state index in [4.69, 9.17) is 11.6 Å². The lowest BCUT2D eigenvalue weighted by atomic mass is 10.1. The Bertz CT molecular complexity index is 1410. The first-order chi connectivity index (χ1) is 13.9. The molecule has 144 valence electrons. The molecule has 0 aliphatic rings. The zero-order valence-corrected chi connectivity index (χ0v) is 16.2. The van der Waals surface area contributed by atoms with Gasteiger partial charge < -0.3 is 0 Å². The van der Waals surface area contributed by atoms with Gasteiger partial charge in [-0.05, 0) is 35.4 Å². The van der Waals surface area contributed by atoms with Crippen LogP contribution in [0, 0.1) is 10.1 Å². The Morgan fingerprint density at radius 2 is 1.86 bits per heavy atom. The maximum absolute atomic E-state index is 12.7. The summed E-state index contributed by atoms with van der Waals surface area (Å²) in [5.41, 5.74) is 0.454. The van der Waals surface area contributed by atoms with E-state index >= 15 is 0 Å². The standard InChI is InChI=1S/C19H11ClN4O4S/c20-14-4-2-1-3-12(14)10-15-17(25)21-19-23(22-15)18(26)16(29-19)9-11-5-7-13(8-6-11)24(27)28/h1-9H,10H2. The van der Waals surface area contributed by atoms with Crippen LogP contribution in [0.1, 0.15) is 16.8 Å². The van der Waals surface area contributed by atoms with Crippen molar-refractivity contribution in [3.05, 3.63) is 106 Å². The first-order valence-electron chi connectivity index (χ1n) is 8.35. The van der Waals surface area contributed by atoms with E-state index in [1.54, 1.807) is 30.3 Å². The van der Waals surface area contributed by atoms with Crippen LogP contribution < -0.4 is 15.7 Å². The molecule has 8 nitrogen and oxygen atoms in total. The van der Waals surface area contributed by atoms with Crippen molar-refractivity contribution in [2.45, 2.75) is 6.42 Å². The first-order valence-corrected chi connectivity index (χ1v) is 9.54. The van der Waals surface area contributed by atoms with Crippen molar-refractivity contribution in [1.82, 2.24) is 14.6 Å². The molecular weight excluding hydrogens is 416 g/mol. The highest BCUT2D eigenvalue weighted by molar-refractivity contribution is 7.15. The lowest BCUT2D eigenvalue weighted by molar-refractivity contribution is -0.384. The largest absolute Gasteiger partial charge is 0.296 e. The highest BCUT2D eigenvalue weighted by Gasteiger charge is 2.13. The summed E-state index contributed by atoms with van der Waals surface area (Å²) >= 11 is 7.16. The number of non-ortho nitro benzene ring substituents is 1. The molecule has 0 spiro atoms. The number of thiazole rings is 1. The minimum atomic E-state index is -0.520. The van der Waals surface area contributed by atoms with Crippen LogP contribution in [0.3, 0.4) is 0 Å². The third kappa shape index (κ3) is 3.78. The number of nitrogens with zero attached hydrogens (tertiary/aromatic N) is 4. The van der Waals surface area contributed by atoms with Crippen LogP contribution in [0.5, 0.6) is 0 Å². The van der Waals surface area contributed by atoms with Crippen molar-refractivity contribution in [3.8, 4) is 0 Å². The van der Waals surface area contributed by atoms with Gasteiger partial charge >= 0.3 is 0 Å². The lowest BCUT2D eigenvalue weighted by Gasteiger charge is -2.02. The fourth-order valence-electron chi connectivity index (χ4n) is 2.72. The van der Waals surface area contributed by atoms with Crippen LogP contribution in [0.25, 0.3) is 11.0 Å². The Morgan fingerprint density at radius 1 is 1.14 bits per heavy atom. The topological polar surface area (TPSA) is 107 Å². The Kier molecular flexibility index (Phi) is 4.91. The molecule has 2 heterocycles. The predicted molar refractivity (Wildman–Crippen MR) is 110 cm³/mol. The fourth-order valence-corrected chi connectivity index (χ4v) is 3.82. The van der Waals surface area contributed by atoms with Crippen molar-refractivity contribution in [1.29, 1.82) is 0 Å². The average molecular weight is 427 g/mol. The molecule has 0 atom stereocenters. The van der Waals surface area contributed by atoms with Crippen molar-refractivity contribution in [2.75, 3.05) is 0 Å². The van der Waals surface area contributed by atoms with Crippen LogP contribution in [-0.4, -0.2) is 19.5 Å². The van der Waals surface area contributed by atoms with Gasteiger partial charge in [-0.25, -0.2) is 0 Å². The molecule has 10 heteroatoms. The van der Waals surface area contributed by atoms with Crippen LogP contribution in [0.2, 0.25) is 5.02 Å². The lowest BCUT2D eigenvalue weighted by Crippen LogP contribution is -2.28. The van der Waals surface area contributed by atoms with Crippen LogP contribution >= 0.6 is 22.9 Å². The molecule has 0 radical (unpaired) electrons. The number of fused-ring (bicyclic) bond motifs is 1. The predicted octanol–water partition coefficient (Wildman–Crippen LogP) is 2.21. The van der Waals surface area contributed by atoms with E-state index in [1.165, 1.54) is 24.3 Å². The third-order valence-corrected chi connectivity index (χ3v) is 5.50. The molecule has 2 aromatic heterocycles.